The summed E-state index contributed by atoms with van der Waals surface area (Å²) in [5.41, 5.74) is 2.80. The molecule has 30 heavy (non-hydrogen) atoms. The second kappa shape index (κ2) is 11.4. The number of benzene rings is 2. The molecule has 2 rings (SSSR count). The van der Waals surface area contributed by atoms with Crippen molar-refractivity contribution in [1.29, 1.82) is 5.26 Å². The predicted octanol–water partition coefficient (Wildman–Crippen LogP) is 1.21. The first-order valence-electron chi connectivity index (χ1n) is 9.17. The van der Waals surface area contributed by atoms with Crippen molar-refractivity contribution in [3.8, 4) is 6.07 Å². The molecule has 0 aliphatic rings. The minimum Gasteiger partial charge on any atom is -1.00 e. The molecule has 158 valence electrons. The number of rotatable bonds is 8. The van der Waals surface area contributed by atoms with Crippen LogP contribution in [0.15, 0.2) is 54.2 Å². The van der Waals surface area contributed by atoms with Crippen LogP contribution >= 0.6 is 0 Å². The highest BCUT2D eigenvalue weighted by Crippen LogP contribution is 2.23. The van der Waals surface area contributed by atoms with Crippen LogP contribution in [-0.4, -0.2) is 23.9 Å². The van der Waals surface area contributed by atoms with Crippen LogP contribution in [0.3, 0.4) is 0 Å². The molecule has 0 heterocycles. The maximum atomic E-state index is 12.3. The third-order valence-corrected chi connectivity index (χ3v) is 4.39. The summed E-state index contributed by atoms with van der Waals surface area (Å²) in [5.74, 6) is -0.655. The Balaban J connectivity index is 0.00000450. The van der Waals surface area contributed by atoms with E-state index in [0.717, 1.165) is 30.0 Å². The topological polar surface area (TPSA) is 111 Å². The Kier molecular flexibility index (Phi) is 9.33. The average Bonchev–Trinajstić information content (AvgIpc) is 2.71. The Morgan fingerprint density at radius 3 is 2.50 bits per heavy atom. The highest BCUT2D eigenvalue weighted by molar-refractivity contribution is 6.06. The number of carbonyl (C=O) groups excluding carboxylic acids is 1. The van der Waals surface area contributed by atoms with Crippen LogP contribution in [0.1, 0.15) is 19.4 Å². The normalized spacial score (nSPS) is 10.4. The molecule has 0 fully saturated rings. The monoisotopic (exact) mass is 428 g/mol. The number of carbonyl (C=O) groups is 1. The van der Waals surface area contributed by atoms with Gasteiger partial charge in [-0.2, -0.15) is 5.26 Å². The van der Waals surface area contributed by atoms with E-state index in [9.17, 15) is 20.2 Å². The molecule has 0 radical (unpaired) electrons. The van der Waals surface area contributed by atoms with Crippen LogP contribution < -0.4 is 27.9 Å². The summed E-state index contributed by atoms with van der Waals surface area (Å²) < 4.78 is 0. The van der Waals surface area contributed by atoms with Gasteiger partial charge in [0.15, 0.2) is 0 Å². The summed E-state index contributed by atoms with van der Waals surface area (Å²) in [6.45, 7) is 7.93. The molecule has 0 bridgehead atoms. The number of hydrogen-bond acceptors (Lipinski definition) is 6. The lowest BCUT2D eigenvalue weighted by Gasteiger charge is -2.22. The summed E-state index contributed by atoms with van der Waals surface area (Å²) in [6.07, 6.45) is 1.33. The number of nitro groups is 1. The van der Waals surface area contributed by atoms with E-state index in [4.69, 9.17) is 0 Å². The highest BCUT2D eigenvalue weighted by Gasteiger charge is 2.12. The van der Waals surface area contributed by atoms with Crippen molar-refractivity contribution in [2.45, 2.75) is 20.8 Å². The standard InChI is InChI=1S/C21H23N5O3.ClH/c1-4-25(5-2)18-9-10-20(15(3)11-18)23-14-16(13-22)21(27)24-17-7-6-8-19(12-17)26(28)29;/h6-12,14,23H,4-5H2,1-3H3,(H,24,27);1H/p-1/b16-14-;. The predicted molar refractivity (Wildman–Crippen MR) is 114 cm³/mol. The second-order valence-electron chi connectivity index (χ2n) is 6.25. The van der Waals surface area contributed by atoms with Crippen LogP contribution in [-0.2, 0) is 4.79 Å². The minimum absolute atomic E-state index is 0. The van der Waals surface area contributed by atoms with Crippen molar-refractivity contribution < 1.29 is 22.1 Å². The van der Waals surface area contributed by atoms with Gasteiger partial charge in [0.25, 0.3) is 11.6 Å². The summed E-state index contributed by atoms with van der Waals surface area (Å²) >= 11 is 0. The molecule has 1 amide bonds. The van der Waals surface area contributed by atoms with Crippen molar-refractivity contribution in [2.24, 2.45) is 0 Å². The van der Waals surface area contributed by atoms with Crippen molar-refractivity contribution in [2.75, 3.05) is 28.6 Å². The van der Waals surface area contributed by atoms with Crippen molar-refractivity contribution in [3.63, 3.8) is 0 Å². The van der Waals surface area contributed by atoms with E-state index in [0.29, 0.717) is 0 Å². The number of halogens is 1. The third kappa shape index (κ3) is 6.22. The molecule has 2 aromatic rings. The summed E-state index contributed by atoms with van der Waals surface area (Å²) in [4.78, 5) is 24.8. The fourth-order valence-corrected chi connectivity index (χ4v) is 2.79. The first-order valence-corrected chi connectivity index (χ1v) is 9.17. The smallest absolute Gasteiger partial charge is 0.271 e. The summed E-state index contributed by atoms with van der Waals surface area (Å²) in [5, 5.41) is 25.6. The largest absolute Gasteiger partial charge is 1.00 e. The summed E-state index contributed by atoms with van der Waals surface area (Å²) in [6, 6.07) is 13.3. The number of aryl methyl sites for hydroxylation is 1. The number of anilines is 3. The molecule has 0 aliphatic heterocycles. The lowest BCUT2D eigenvalue weighted by molar-refractivity contribution is -0.384. The van der Waals surface area contributed by atoms with Gasteiger partial charge >= 0.3 is 0 Å². The first kappa shape index (κ1) is 24.5. The van der Waals surface area contributed by atoms with E-state index in [2.05, 4.69) is 29.4 Å². The molecule has 9 heteroatoms. The SMILES string of the molecule is CCN(CC)c1ccc(N/C=C(/C#N)C(=O)Nc2cccc([N+](=O)[O-])c2)c(C)c1.[Cl-]. The average molecular weight is 429 g/mol. The fraction of sp³-hybridized carbons (Fsp3) is 0.238. The van der Waals surface area contributed by atoms with Gasteiger partial charge in [-0.05, 0) is 50.6 Å². The number of nitrogens with one attached hydrogen (secondary N) is 2. The fourth-order valence-electron chi connectivity index (χ4n) is 2.79. The molecule has 2 N–H and O–H groups in total. The number of nitriles is 1. The van der Waals surface area contributed by atoms with Crippen molar-refractivity contribution in [3.05, 3.63) is 69.9 Å². The third-order valence-electron chi connectivity index (χ3n) is 4.39. The molecule has 0 aromatic heterocycles. The van der Waals surface area contributed by atoms with Crippen LogP contribution in [0.4, 0.5) is 22.7 Å². The quantitative estimate of drug-likeness (QED) is 0.283. The molecule has 0 unspecified atom stereocenters. The van der Waals surface area contributed by atoms with Gasteiger partial charge in [-0.1, -0.05) is 6.07 Å². The van der Waals surface area contributed by atoms with Gasteiger partial charge in [-0.25, -0.2) is 0 Å². The minimum atomic E-state index is -0.655. The molecule has 0 saturated heterocycles. The molecular formula is C21H23ClN5O3-. The molecule has 8 nitrogen and oxygen atoms in total. The number of nitro benzene ring substituents is 1. The van der Waals surface area contributed by atoms with E-state index in [-0.39, 0.29) is 29.4 Å². The van der Waals surface area contributed by atoms with Crippen LogP contribution in [0.5, 0.6) is 0 Å². The molecule has 0 aliphatic carbocycles. The molecule has 2 aromatic carbocycles. The van der Waals surface area contributed by atoms with Gasteiger partial charge in [0.2, 0.25) is 0 Å². The van der Waals surface area contributed by atoms with Gasteiger partial charge in [0.1, 0.15) is 11.6 Å². The Hall–Kier alpha value is -3.57. The second-order valence-corrected chi connectivity index (χ2v) is 6.25. The van der Waals surface area contributed by atoms with Gasteiger partial charge in [-0.15, -0.1) is 0 Å². The van der Waals surface area contributed by atoms with E-state index < -0.39 is 10.8 Å². The van der Waals surface area contributed by atoms with Gasteiger partial charge in [0.05, 0.1) is 4.92 Å². The molecular weight excluding hydrogens is 406 g/mol. The Morgan fingerprint density at radius 2 is 1.93 bits per heavy atom. The zero-order chi connectivity index (χ0) is 21.4. The lowest BCUT2D eigenvalue weighted by Crippen LogP contribution is -3.00. The lowest BCUT2D eigenvalue weighted by atomic mass is 10.1. The van der Waals surface area contributed by atoms with Crippen LogP contribution in [0.2, 0.25) is 0 Å². The zero-order valence-corrected chi connectivity index (χ0v) is 17.7. The maximum absolute atomic E-state index is 12.3. The molecule has 0 saturated carbocycles. The van der Waals surface area contributed by atoms with Gasteiger partial charge in [0, 0.05) is 48.5 Å². The Morgan fingerprint density at radius 1 is 1.23 bits per heavy atom. The Bertz CT molecular complexity index is 981. The van der Waals surface area contributed by atoms with Gasteiger partial charge in [-0.3, -0.25) is 14.9 Å². The number of hydrogen-bond donors (Lipinski definition) is 2. The van der Waals surface area contributed by atoms with Crippen molar-refractivity contribution in [1.82, 2.24) is 0 Å². The van der Waals surface area contributed by atoms with E-state index in [1.807, 2.05) is 31.2 Å². The highest BCUT2D eigenvalue weighted by atomic mass is 35.5. The number of nitrogens with zero attached hydrogens (tertiary/aromatic N) is 3. The molecule has 0 spiro atoms. The summed E-state index contributed by atoms with van der Waals surface area (Å²) in [7, 11) is 0. The van der Waals surface area contributed by atoms with E-state index in [1.54, 1.807) is 0 Å². The zero-order valence-electron chi connectivity index (χ0n) is 17.0. The number of amides is 1. The van der Waals surface area contributed by atoms with Crippen LogP contribution in [0, 0.1) is 28.4 Å². The first-order chi connectivity index (χ1) is 13.9. The maximum Gasteiger partial charge on any atom is 0.271 e. The Labute approximate surface area is 181 Å². The van der Waals surface area contributed by atoms with E-state index >= 15 is 0 Å². The van der Waals surface area contributed by atoms with Gasteiger partial charge < -0.3 is 27.9 Å². The van der Waals surface area contributed by atoms with E-state index in [1.165, 1.54) is 30.5 Å². The number of non-ortho nitro benzene ring substituents is 1. The van der Waals surface area contributed by atoms with Crippen LogP contribution in [0.25, 0.3) is 0 Å². The molecule has 0 atom stereocenters. The van der Waals surface area contributed by atoms with Crippen molar-refractivity contribution >= 4 is 28.7 Å².